The summed E-state index contributed by atoms with van der Waals surface area (Å²) in [6.45, 7) is 4.47. The summed E-state index contributed by atoms with van der Waals surface area (Å²) >= 11 is 5.95. The minimum absolute atomic E-state index is 0.0377. The van der Waals surface area contributed by atoms with E-state index in [1.165, 1.54) is 59.1 Å². The van der Waals surface area contributed by atoms with Crippen LogP contribution in [0.1, 0.15) is 60.4 Å². The number of benzene rings is 2. The second kappa shape index (κ2) is 8.55. The van der Waals surface area contributed by atoms with Gasteiger partial charge in [0.15, 0.2) is 5.11 Å². The zero-order valence-corrected chi connectivity index (χ0v) is 20.6. The Balaban J connectivity index is 1.52. The molecule has 0 bridgehead atoms. The lowest BCUT2D eigenvalue weighted by atomic mass is 9.95. The molecule has 0 radical (unpaired) electrons. The number of nitrogens with one attached hydrogen (secondary N) is 1. The topological polar surface area (TPSA) is 33.1 Å². The minimum atomic E-state index is 0.0377. The lowest BCUT2D eigenvalue weighted by Crippen LogP contribution is -2.37. The van der Waals surface area contributed by atoms with Crippen LogP contribution in [-0.2, 0) is 0 Å². The number of nitrogens with zero attached hydrogens (tertiary/aromatic N) is 3. The van der Waals surface area contributed by atoms with Crippen LogP contribution in [-0.4, -0.2) is 25.6 Å². The summed E-state index contributed by atoms with van der Waals surface area (Å²) < 4.78 is 2.42. The van der Waals surface area contributed by atoms with Gasteiger partial charge in [-0.25, -0.2) is 0 Å². The lowest BCUT2D eigenvalue weighted by molar-refractivity contribution is 0.245. The number of pyridine rings is 1. The monoisotopic (exact) mass is 466 g/mol. The Morgan fingerprint density at radius 3 is 2.50 bits per heavy atom. The van der Waals surface area contributed by atoms with Crippen LogP contribution in [0.5, 0.6) is 0 Å². The number of thiocarbonyl (C=S) groups is 1. The van der Waals surface area contributed by atoms with Crippen LogP contribution >= 0.6 is 12.2 Å². The molecule has 1 saturated heterocycles. The number of rotatable bonds is 4. The van der Waals surface area contributed by atoms with Crippen molar-refractivity contribution < 1.29 is 0 Å². The zero-order chi connectivity index (χ0) is 23.2. The Morgan fingerprint density at radius 2 is 1.71 bits per heavy atom. The van der Waals surface area contributed by atoms with Crippen molar-refractivity contribution in [1.29, 1.82) is 0 Å². The van der Waals surface area contributed by atoms with Gasteiger partial charge in [-0.3, -0.25) is 4.98 Å². The largest absolute Gasteiger partial charge is 0.352 e. The standard InChI is InChI=1S/C29H30N4S/c1-19-18-24(20(2)32(19)26-16-9-11-21-10-3-6-14-23(21)26)28-27(25-15-7-8-17-30-25)31-29(34)33(28)22-12-4-5-13-22/h3,6-11,14-18,22,27-28H,4-5,12-13H2,1-2H3,(H,31,34)/t27-,28-/m1/s1. The molecular weight excluding hydrogens is 436 g/mol. The van der Waals surface area contributed by atoms with Crippen molar-refractivity contribution >= 4 is 28.1 Å². The van der Waals surface area contributed by atoms with Crippen molar-refractivity contribution in [3.05, 3.63) is 95.6 Å². The van der Waals surface area contributed by atoms with Crippen LogP contribution in [0, 0.1) is 13.8 Å². The lowest BCUT2D eigenvalue weighted by Gasteiger charge is -2.33. The first-order valence-corrected chi connectivity index (χ1v) is 12.7. The maximum atomic E-state index is 5.95. The number of hydrogen-bond donors (Lipinski definition) is 1. The molecular formula is C29H30N4S. The summed E-state index contributed by atoms with van der Waals surface area (Å²) in [6, 6.07) is 24.4. The van der Waals surface area contributed by atoms with Gasteiger partial charge in [0.2, 0.25) is 0 Å². The highest BCUT2D eigenvalue weighted by Gasteiger charge is 2.44. The Hall–Kier alpha value is -3.18. The Kier molecular flexibility index (Phi) is 5.37. The van der Waals surface area contributed by atoms with Crippen molar-refractivity contribution in [3.63, 3.8) is 0 Å². The Morgan fingerprint density at radius 1 is 0.941 bits per heavy atom. The van der Waals surface area contributed by atoms with Crippen molar-refractivity contribution in [2.75, 3.05) is 0 Å². The molecule has 172 valence electrons. The van der Waals surface area contributed by atoms with Gasteiger partial charge in [0, 0.05) is 29.0 Å². The van der Waals surface area contributed by atoms with E-state index in [4.69, 9.17) is 17.2 Å². The third-order valence-electron chi connectivity index (χ3n) is 7.65. The van der Waals surface area contributed by atoms with Crippen LogP contribution in [0.3, 0.4) is 0 Å². The summed E-state index contributed by atoms with van der Waals surface area (Å²) in [7, 11) is 0. The molecule has 1 aliphatic carbocycles. The maximum absolute atomic E-state index is 5.95. The normalized spacial score (nSPS) is 20.9. The summed E-state index contributed by atoms with van der Waals surface area (Å²) in [5.41, 5.74) is 6.13. The van der Waals surface area contributed by atoms with E-state index in [2.05, 4.69) is 89.3 Å². The van der Waals surface area contributed by atoms with Crippen molar-refractivity contribution in [2.45, 2.75) is 57.7 Å². The third kappa shape index (κ3) is 3.41. The molecule has 1 N–H and O–H groups in total. The van der Waals surface area contributed by atoms with Gasteiger partial charge in [-0.15, -0.1) is 0 Å². The highest BCUT2D eigenvalue weighted by Crippen LogP contribution is 2.45. The third-order valence-corrected chi connectivity index (χ3v) is 7.98. The predicted molar refractivity (Wildman–Crippen MR) is 142 cm³/mol. The van der Waals surface area contributed by atoms with Gasteiger partial charge in [0.25, 0.3) is 0 Å². The first kappa shape index (κ1) is 21.4. The molecule has 3 heterocycles. The molecule has 0 unspecified atom stereocenters. The van der Waals surface area contributed by atoms with Gasteiger partial charge in [-0.1, -0.05) is 55.3 Å². The van der Waals surface area contributed by atoms with Gasteiger partial charge in [-0.2, -0.15) is 0 Å². The zero-order valence-electron chi connectivity index (χ0n) is 19.7. The first-order chi connectivity index (χ1) is 16.6. The SMILES string of the molecule is Cc1cc([C@@H]2[C@@H](c3ccccn3)NC(=S)N2C2CCCC2)c(C)n1-c1cccc2ccccc12. The van der Waals surface area contributed by atoms with Crippen molar-refractivity contribution in [3.8, 4) is 5.69 Å². The van der Waals surface area contributed by atoms with Gasteiger partial charge in [0.05, 0.1) is 23.5 Å². The fourth-order valence-corrected chi connectivity index (χ4v) is 6.52. The number of fused-ring (bicyclic) bond motifs is 1. The smallest absolute Gasteiger partial charge is 0.170 e. The first-order valence-electron chi connectivity index (χ1n) is 12.3. The van der Waals surface area contributed by atoms with E-state index in [0.29, 0.717) is 6.04 Å². The summed E-state index contributed by atoms with van der Waals surface area (Å²) in [5.74, 6) is 0. The molecule has 6 rings (SSSR count). The molecule has 0 amide bonds. The molecule has 1 saturated carbocycles. The molecule has 4 nitrogen and oxygen atoms in total. The fourth-order valence-electron chi connectivity index (χ4n) is 6.13. The van der Waals surface area contributed by atoms with Crippen LogP contribution in [0.15, 0.2) is 72.9 Å². The van der Waals surface area contributed by atoms with E-state index in [1.54, 1.807) is 0 Å². The average molecular weight is 467 g/mol. The van der Waals surface area contributed by atoms with E-state index >= 15 is 0 Å². The van der Waals surface area contributed by atoms with Gasteiger partial charge >= 0.3 is 0 Å². The van der Waals surface area contributed by atoms with E-state index in [-0.39, 0.29) is 12.1 Å². The quantitative estimate of drug-likeness (QED) is 0.345. The second-order valence-electron chi connectivity index (χ2n) is 9.63. The number of hydrogen-bond acceptors (Lipinski definition) is 2. The molecule has 0 spiro atoms. The minimum Gasteiger partial charge on any atom is -0.352 e. The van der Waals surface area contributed by atoms with Crippen LogP contribution in [0.4, 0.5) is 0 Å². The summed E-state index contributed by atoms with van der Waals surface area (Å²) in [5, 5.41) is 7.05. The molecule has 2 fully saturated rings. The molecule has 1 aliphatic heterocycles. The Bertz CT molecular complexity index is 1350. The summed E-state index contributed by atoms with van der Waals surface area (Å²) in [4.78, 5) is 7.23. The number of aromatic nitrogens is 2. The maximum Gasteiger partial charge on any atom is 0.170 e. The van der Waals surface area contributed by atoms with Gasteiger partial charge in [0.1, 0.15) is 0 Å². The molecule has 4 aromatic rings. The van der Waals surface area contributed by atoms with Crippen molar-refractivity contribution in [2.24, 2.45) is 0 Å². The van der Waals surface area contributed by atoms with Crippen LogP contribution < -0.4 is 5.32 Å². The fraction of sp³-hybridized carbons (Fsp3) is 0.310. The van der Waals surface area contributed by atoms with Gasteiger partial charge in [-0.05, 0) is 74.1 Å². The van der Waals surface area contributed by atoms with Crippen LogP contribution in [0.2, 0.25) is 0 Å². The van der Waals surface area contributed by atoms with E-state index in [9.17, 15) is 0 Å². The highest BCUT2D eigenvalue weighted by atomic mass is 32.1. The summed E-state index contributed by atoms with van der Waals surface area (Å²) in [6.07, 6.45) is 6.85. The predicted octanol–water partition coefficient (Wildman–Crippen LogP) is 6.56. The molecule has 2 aromatic carbocycles. The molecule has 2 atom stereocenters. The molecule has 5 heteroatoms. The van der Waals surface area contributed by atoms with E-state index in [0.717, 1.165) is 10.8 Å². The van der Waals surface area contributed by atoms with Crippen molar-refractivity contribution in [1.82, 2.24) is 19.8 Å². The average Bonchev–Trinajstić information content (AvgIpc) is 3.57. The van der Waals surface area contributed by atoms with Crippen LogP contribution in [0.25, 0.3) is 16.5 Å². The molecule has 34 heavy (non-hydrogen) atoms. The van der Waals surface area contributed by atoms with Gasteiger partial charge < -0.3 is 14.8 Å². The highest BCUT2D eigenvalue weighted by molar-refractivity contribution is 7.80. The van der Waals surface area contributed by atoms with E-state index < -0.39 is 0 Å². The molecule has 2 aliphatic rings. The van der Waals surface area contributed by atoms with E-state index in [1.807, 2.05) is 12.3 Å². The number of aryl methyl sites for hydroxylation is 1. The Labute approximate surface area is 206 Å². The second-order valence-corrected chi connectivity index (χ2v) is 10.0. The molecule has 2 aromatic heterocycles.